The van der Waals surface area contributed by atoms with Gasteiger partial charge in [-0.2, -0.15) is 0 Å². The molecule has 5 nitrogen and oxygen atoms in total. The zero-order chi connectivity index (χ0) is 15.7. The van der Waals surface area contributed by atoms with Crippen LogP contribution in [0, 0.1) is 6.92 Å². The fourth-order valence-corrected chi connectivity index (χ4v) is 1.36. The Bertz CT molecular complexity index is 602. The van der Waals surface area contributed by atoms with E-state index in [0.29, 0.717) is 0 Å². The van der Waals surface area contributed by atoms with Crippen LogP contribution in [0.4, 0.5) is 4.79 Å². The first-order valence-electron chi connectivity index (χ1n) is 6.05. The molecule has 0 aliphatic rings. The molecule has 0 spiro atoms. The molecule has 0 aliphatic carbocycles. The molecule has 0 atom stereocenters. The maximum Gasteiger partial charge on any atom is 0.513 e. The van der Waals surface area contributed by atoms with Crippen LogP contribution in [0.2, 0.25) is 0 Å². The first kappa shape index (κ1) is 16.1. The first-order chi connectivity index (χ1) is 10.0. The van der Waals surface area contributed by atoms with Crippen LogP contribution >= 0.6 is 0 Å². The highest BCUT2D eigenvalue weighted by atomic mass is 16.7. The summed E-state index contributed by atoms with van der Waals surface area (Å²) >= 11 is 0. The van der Waals surface area contributed by atoms with Crippen molar-refractivity contribution in [3.05, 3.63) is 71.3 Å². The van der Waals surface area contributed by atoms with Gasteiger partial charge in [-0.05, 0) is 19.1 Å². The SMILES string of the molecule is Cc1ccc(C(=O)OC(=O)O)cc1.O=Cc1ccccc1. The molecule has 21 heavy (non-hydrogen) atoms. The zero-order valence-corrected chi connectivity index (χ0v) is 11.4. The minimum absolute atomic E-state index is 0.230. The maximum atomic E-state index is 11.0. The van der Waals surface area contributed by atoms with Crippen molar-refractivity contribution in [2.45, 2.75) is 6.92 Å². The van der Waals surface area contributed by atoms with Crippen LogP contribution in [-0.4, -0.2) is 23.5 Å². The van der Waals surface area contributed by atoms with Gasteiger partial charge in [0.25, 0.3) is 0 Å². The number of carbonyl (C=O) groups is 3. The van der Waals surface area contributed by atoms with Crippen molar-refractivity contribution in [2.24, 2.45) is 0 Å². The fourth-order valence-electron chi connectivity index (χ4n) is 1.36. The van der Waals surface area contributed by atoms with Crippen LogP contribution in [0.5, 0.6) is 0 Å². The molecule has 0 heterocycles. The predicted octanol–water partition coefficient (Wildman–Crippen LogP) is 3.33. The highest BCUT2D eigenvalue weighted by Crippen LogP contribution is 2.04. The Morgan fingerprint density at radius 1 is 1.00 bits per heavy atom. The number of esters is 1. The van der Waals surface area contributed by atoms with Gasteiger partial charge in [-0.25, -0.2) is 9.59 Å². The summed E-state index contributed by atoms with van der Waals surface area (Å²) in [5.41, 5.74) is 1.95. The number of benzene rings is 2. The Morgan fingerprint density at radius 2 is 1.57 bits per heavy atom. The highest BCUT2D eigenvalue weighted by Gasteiger charge is 2.10. The second-order valence-corrected chi connectivity index (χ2v) is 4.05. The van der Waals surface area contributed by atoms with Crippen molar-refractivity contribution < 1.29 is 24.2 Å². The van der Waals surface area contributed by atoms with Gasteiger partial charge in [0.05, 0.1) is 5.56 Å². The summed E-state index contributed by atoms with van der Waals surface area (Å²) in [6.45, 7) is 1.87. The summed E-state index contributed by atoms with van der Waals surface area (Å²) < 4.78 is 3.95. The molecule has 0 saturated carbocycles. The number of carboxylic acid groups (broad SMARTS) is 1. The Morgan fingerprint density at radius 3 is 2.00 bits per heavy atom. The van der Waals surface area contributed by atoms with Crippen molar-refractivity contribution in [3.63, 3.8) is 0 Å². The molecular weight excluding hydrogens is 272 g/mol. The third-order valence-electron chi connectivity index (χ3n) is 2.40. The number of aldehydes is 1. The van der Waals surface area contributed by atoms with Gasteiger partial charge in [-0.3, -0.25) is 4.79 Å². The first-order valence-corrected chi connectivity index (χ1v) is 6.05. The van der Waals surface area contributed by atoms with E-state index in [-0.39, 0.29) is 5.56 Å². The molecule has 0 amide bonds. The van der Waals surface area contributed by atoms with Crippen LogP contribution in [0.3, 0.4) is 0 Å². The smallest absolute Gasteiger partial charge is 0.449 e. The van der Waals surface area contributed by atoms with E-state index in [0.717, 1.165) is 17.4 Å². The number of rotatable bonds is 2. The molecule has 2 rings (SSSR count). The monoisotopic (exact) mass is 286 g/mol. The number of aryl methyl sites for hydroxylation is 1. The summed E-state index contributed by atoms with van der Waals surface area (Å²) in [4.78, 5) is 31.0. The summed E-state index contributed by atoms with van der Waals surface area (Å²) in [6.07, 6.45) is -0.759. The molecule has 5 heteroatoms. The van der Waals surface area contributed by atoms with Crippen LogP contribution in [-0.2, 0) is 4.74 Å². The Balaban J connectivity index is 0.000000235. The average Bonchev–Trinajstić information content (AvgIpc) is 2.48. The van der Waals surface area contributed by atoms with E-state index in [2.05, 4.69) is 4.74 Å². The highest BCUT2D eigenvalue weighted by molar-refractivity contribution is 5.94. The van der Waals surface area contributed by atoms with E-state index >= 15 is 0 Å². The minimum atomic E-state index is -1.59. The topological polar surface area (TPSA) is 80.7 Å². The van der Waals surface area contributed by atoms with Gasteiger partial charge in [-0.1, -0.05) is 48.0 Å². The van der Waals surface area contributed by atoms with Gasteiger partial charge in [0.15, 0.2) is 0 Å². The lowest BCUT2D eigenvalue weighted by Gasteiger charge is -1.98. The largest absolute Gasteiger partial charge is 0.513 e. The second kappa shape index (κ2) is 8.27. The molecule has 2 aromatic rings. The van der Waals surface area contributed by atoms with Crippen LogP contribution in [0.25, 0.3) is 0 Å². The summed E-state index contributed by atoms with van der Waals surface area (Å²) in [7, 11) is 0. The van der Waals surface area contributed by atoms with E-state index in [1.165, 1.54) is 12.1 Å². The van der Waals surface area contributed by atoms with E-state index in [4.69, 9.17) is 5.11 Å². The number of hydrogen-bond acceptors (Lipinski definition) is 4. The third-order valence-corrected chi connectivity index (χ3v) is 2.40. The van der Waals surface area contributed by atoms with Crippen LogP contribution in [0.15, 0.2) is 54.6 Å². The second-order valence-electron chi connectivity index (χ2n) is 4.05. The lowest BCUT2D eigenvalue weighted by Crippen LogP contribution is -2.09. The maximum absolute atomic E-state index is 11.0. The molecule has 0 aliphatic heterocycles. The van der Waals surface area contributed by atoms with E-state index in [1.54, 1.807) is 24.3 Å². The average molecular weight is 286 g/mol. The molecule has 0 unspecified atom stereocenters. The third kappa shape index (κ3) is 6.15. The van der Waals surface area contributed by atoms with Gasteiger partial charge >= 0.3 is 12.1 Å². The van der Waals surface area contributed by atoms with Gasteiger partial charge in [0, 0.05) is 5.56 Å². The van der Waals surface area contributed by atoms with E-state index in [9.17, 15) is 14.4 Å². The Labute approximate surface area is 121 Å². The summed E-state index contributed by atoms with van der Waals surface area (Å²) in [5, 5.41) is 8.16. The molecule has 0 saturated heterocycles. The Kier molecular flexibility index (Phi) is 6.34. The molecule has 1 N–H and O–H groups in total. The van der Waals surface area contributed by atoms with Gasteiger partial charge in [-0.15, -0.1) is 0 Å². The number of ether oxygens (including phenoxy) is 1. The standard InChI is InChI=1S/C9H8O4.C7H6O/c1-6-2-4-7(5-3-6)8(10)13-9(11)12;8-6-7-4-2-1-3-5-7/h2-5H,1H3,(H,11,12);1-6H. The lowest BCUT2D eigenvalue weighted by atomic mass is 10.2. The number of carbonyl (C=O) groups excluding carboxylic acids is 2. The fraction of sp³-hybridized carbons (Fsp3) is 0.0625. The van der Waals surface area contributed by atoms with Gasteiger partial charge < -0.3 is 9.84 Å². The van der Waals surface area contributed by atoms with Gasteiger partial charge in [0.1, 0.15) is 6.29 Å². The zero-order valence-electron chi connectivity index (χ0n) is 11.4. The van der Waals surface area contributed by atoms with Gasteiger partial charge in [0.2, 0.25) is 0 Å². The van der Waals surface area contributed by atoms with Crippen molar-refractivity contribution >= 4 is 18.4 Å². The normalized spacial score (nSPS) is 9.00. The van der Waals surface area contributed by atoms with Crippen molar-refractivity contribution in [1.82, 2.24) is 0 Å². The molecule has 0 radical (unpaired) electrons. The van der Waals surface area contributed by atoms with E-state index in [1.807, 2.05) is 25.1 Å². The quantitative estimate of drug-likeness (QED) is 0.520. The number of hydrogen-bond donors (Lipinski definition) is 1. The molecular formula is C16H14O5. The summed E-state index contributed by atoms with van der Waals surface area (Å²) in [6, 6.07) is 15.5. The Hall–Kier alpha value is -2.95. The molecule has 0 fully saturated rings. The van der Waals surface area contributed by atoms with Crippen molar-refractivity contribution in [3.8, 4) is 0 Å². The van der Waals surface area contributed by atoms with Crippen LogP contribution in [0.1, 0.15) is 26.3 Å². The molecule has 2 aromatic carbocycles. The summed E-state index contributed by atoms with van der Waals surface area (Å²) in [5.74, 6) is -0.854. The minimum Gasteiger partial charge on any atom is -0.449 e. The van der Waals surface area contributed by atoms with Crippen molar-refractivity contribution in [1.29, 1.82) is 0 Å². The molecule has 108 valence electrons. The van der Waals surface area contributed by atoms with Crippen LogP contribution < -0.4 is 0 Å². The van der Waals surface area contributed by atoms with E-state index < -0.39 is 12.1 Å². The molecule has 0 bridgehead atoms. The lowest BCUT2D eigenvalue weighted by molar-refractivity contribution is 0.0509. The molecule has 0 aromatic heterocycles. The van der Waals surface area contributed by atoms with Crippen molar-refractivity contribution in [2.75, 3.05) is 0 Å². The predicted molar refractivity (Wildman–Crippen MR) is 76.4 cm³/mol.